The highest BCUT2D eigenvalue weighted by molar-refractivity contribution is 7.47. The monoisotopic (exact) mass is 1180 g/mol. The van der Waals surface area contributed by atoms with Crippen LogP contribution in [0, 0.1) is 0 Å². The number of phosphoric ester groups is 2. The lowest BCUT2D eigenvalue weighted by Crippen LogP contribution is -2.30. The molecule has 0 saturated carbocycles. The molecule has 0 aliphatic rings. The molecule has 16 nitrogen and oxygen atoms in total. The van der Waals surface area contributed by atoms with Gasteiger partial charge in [-0.3, -0.25) is 32.5 Å². The molecule has 0 heterocycles. The van der Waals surface area contributed by atoms with Crippen LogP contribution in [0.1, 0.15) is 239 Å². The second kappa shape index (κ2) is 57.2. The van der Waals surface area contributed by atoms with Crippen molar-refractivity contribution in [3.63, 3.8) is 0 Å². The minimum absolute atomic E-state index is 0.0930. The topological polar surface area (TPSA) is 231 Å². The van der Waals surface area contributed by atoms with E-state index < -0.39 is 91.5 Å². The van der Waals surface area contributed by atoms with E-state index in [1.807, 2.05) is 0 Å². The minimum Gasteiger partial charge on any atom is -0.463 e. The molecule has 0 bridgehead atoms. The van der Waals surface area contributed by atoms with Crippen molar-refractivity contribution in [3.05, 3.63) is 85.1 Å². The van der Waals surface area contributed by atoms with Crippen LogP contribution in [0.4, 0.5) is 0 Å². The van der Waals surface area contributed by atoms with E-state index in [1.165, 1.54) is 25.7 Å². The Bertz CT molecular complexity index is 1830. The molecule has 0 rings (SSSR count). The number of unbranched alkanes of at least 4 members (excludes halogenated alkanes) is 21. The number of aliphatic hydroxyl groups is 2. The lowest BCUT2D eigenvalue weighted by atomic mass is 10.1. The van der Waals surface area contributed by atoms with Crippen LogP contribution in [-0.2, 0) is 55.8 Å². The molecule has 81 heavy (non-hydrogen) atoms. The summed E-state index contributed by atoms with van der Waals surface area (Å²) in [5.41, 5.74) is 0. The SMILES string of the molecule is CC/C=C\C/C=C\C/C=C\C/C=C\C/C=C\CCCCCCCCCC(=O)OCC(O)COP(=O)(O)OCC(O)COP(=O)(O)OCC(COC(=O)CCCCCCC/C=C\CCCC)OC(=O)CCCCCCC/C=C\CCCC. The Morgan fingerprint density at radius 2 is 0.654 bits per heavy atom. The van der Waals surface area contributed by atoms with E-state index in [0.29, 0.717) is 19.3 Å². The molecule has 468 valence electrons. The summed E-state index contributed by atoms with van der Waals surface area (Å²) in [5.74, 6) is -1.61. The number of carbonyl (C=O) groups excluding carboxylic acids is 3. The van der Waals surface area contributed by atoms with Gasteiger partial charge in [0.25, 0.3) is 0 Å². The van der Waals surface area contributed by atoms with Gasteiger partial charge < -0.3 is 34.2 Å². The summed E-state index contributed by atoms with van der Waals surface area (Å²) in [6.45, 7) is 2.41. The number of esters is 3. The summed E-state index contributed by atoms with van der Waals surface area (Å²) in [6, 6.07) is 0. The fourth-order valence-corrected chi connectivity index (χ4v) is 9.38. The van der Waals surface area contributed by atoms with Crippen LogP contribution < -0.4 is 0 Å². The van der Waals surface area contributed by atoms with Crippen LogP contribution in [0.15, 0.2) is 85.1 Å². The molecule has 18 heteroatoms. The predicted molar refractivity (Wildman–Crippen MR) is 325 cm³/mol. The molecule has 0 saturated heterocycles. The van der Waals surface area contributed by atoms with E-state index in [-0.39, 0.29) is 19.3 Å². The van der Waals surface area contributed by atoms with Crippen LogP contribution in [0.5, 0.6) is 0 Å². The number of aliphatic hydroxyl groups excluding tert-OH is 2. The van der Waals surface area contributed by atoms with E-state index in [0.717, 1.165) is 154 Å². The zero-order chi connectivity index (χ0) is 59.6. The second-order valence-electron chi connectivity index (χ2n) is 20.5. The molecule has 0 radical (unpaired) electrons. The van der Waals surface area contributed by atoms with Crippen molar-refractivity contribution in [2.75, 3.05) is 39.6 Å². The lowest BCUT2D eigenvalue weighted by molar-refractivity contribution is -0.161. The molecule has 0 aromatic carbocycles. The van der Waals surface area contributed by atoms with Crippen LogP contribution in [0.2, 0.25) is 0 Å². The zero-order valence-corrected chi connectivity index (χ0v) is 52.0. The number of rotatable bonds is 58. The number of ether oxygens (including phenoxy) is 3. The second-order valence-corrected chi connectivity index (χ2v) is 23.4. The number of carbonyl (C=O) groups is 3. The Kier molecular flexibility index (Phi) is 54.9. The molecule has 0 amide bonds. The minimum atomic E-state index is -4.91. The van der Waals surface area contributed by atoms with Crippen LogP contribution in [-0.4, -0.2) is 95.9 Å². The summed E-state index contributed by atoms with van der Waals surface area (Å²) < 4.78 is 60.5. The Morgan fingerprint density at radius 1 is 0.358 bits per heavy atom. The van der Waals surface area contributed by atoms with E-state index >= 15 is 0 Å². The van der Waals surface area contributed by atoms with E-state index in [4.69, 9.17) is 32.3 Å². The molecule has 0 spiro atoms. The van der Waals surface area contributed by atoms with Crippen molar-refractivity contribution in [3.8, 4) is 0 Å². The first-order valence-electron chi connectivity index (χ1n) is 30.9. The maximum absolute atomic E-state index is 12.8. The fourth-order valence-electron chi connectivity index (χ4n) is 7.79. The summed E-state index contributed by atoms with van der Waals surface area (Å²) in [7, 11) is -9.76. The highest BCUT2D eigenvalue weighted by Crippen LogP contribution is 2.45. The fraction of sp³-hybridized carbons (Fsp3) is 0.730. The van der Waals surface area contributed by atoms with Crippen molar-refractivity contribution >= 4 is 33.6 Å². The first-order chi connectivity index (χ1) is 39.2. The van der Waals surface area contributed by atoms with Crippen molar-refractivity contribution in [1.82, 2.24) is 0 Å². The smallest absolute Gasteiger partial charge is 0.463 e. The Hall–Kier alpha value is -3.27. The number of hydrogen-bond acceptors (Lipinski definition) is 14. The van der Waals surface area contributed by atoms with Gasteiger partial charge in [-0.25, -0.2) is 9.13 Å². The number of hydrogen-bond donors (Lipinski definition) is 4. The molecule has 0 aromatic heterocycles. The third-order valence-electron chi connectivity index (χ3n) is 12.6. The highest BCUT2D eigenvalue weighted by atomic mass is 31.2. The standard InChI is InChI=1S/C63H110O16P2/c1-4-7-10-13-16-19-22-23-24-25-26-27-28-29-30-31-32-33-36-38-40-43-46-49-61(66)73-52-58(64)53-75-80(69,70)76-54-59(65)55-77-81(71,72)78-57-60(79-63(68)51-48-45-42-39-35-21-18-15-12-9-6-3)56-74-62(67)50-47-44-41-37-34-20-17-14-11-8-5-2/h7,10,14-19,23-24,26-27,29-30,58-60,64-65H,4-6,8-9,11-13,20-22,25,28,31-57H2,1-3H3,(H,69,70)(H,71,72)/b10-7-,17-14-,18-15-,19-16-,24-23-,27-26-,30-29-. The third-order valence-corrected chi connectivity index (χ3v) is 14.5. The predicted octanol–water partition coefficient (Wildman–Crippen LogP) is 16.2. The van der Waals surface area contributed by atoms with Crippen molar-refractivity contribution in [2.45, 2.75) is 257 Å². The molecule has 4 N–H and O–H groups in total. The van der Waals surface area contributed by atoms with Gasteiger partial charge in [0.1, 0.15) is 25.4 Å². The summed E-state index contributed by atoms with van der Waals surface area (Å²) >= 11 is 0. The molecule has 5 unspecified atom stereocenters. The molecule has 0 aliphatic carbocycles. The molecule has 0 fully saturated rings. The average molecular weight is 1190 g/mol. The van der Waals surface area contributed by atoms with Gasteiger partial charge in [-0.1, -0.05) is 202 Å². The molecular formula is C63H110O16P2. The van der Waals surface area contributed by atoms with Gasteiger partial charge in [-0.15, -0.1) is 0 Å². The molecule has 0 aromatic rings. The van der Waals surface area contributed by atoms with Crippen LogP contribution in [0.25, 0.3) is 0 Å². The average Bonchev–Trinajstić information content (AvgIpc) is 3.45. The van der Waals surface area contributed by atoms with E-state index in [2.05, 4.69) is 106 Å². The third kappa shape index (κ3) is 58.3. The normalized spacial score (nSPS) is 15.0. The van der Waals surface area contributed by atoms with Gasteiger partial charge in [0.05, 0.1) is 26.4 Å². The van der Waals surface area contributed by atoms with E-state index in [9.17, 15) is 43.5 Å². The van der Waals surface area contributed by atoms with Gasteiger partial charge >= 0.3 is 33.6 Å². The van der Waals surface area contributed by atoms with Crippen molar-refractivity contribution in [2.24, 2.45) is 0 Å². The largest absolute Gasteiger partial charge is 0.472 e. The maximum atomic E-state index is 12.8. The summed E-state index contributed by atoms with van der Waals surface area (Å²) in [5, 5.41) is 20.5. The molecular weight excluding hydrogens is 1070 g/mol. The first-order valence-corrected chi connectivity index (χ1v) is 33.9. The number of allylic oxidation sites excluding steroid dienone is 14. The molecule has 5 atom stereocenters. The van der Waals surface area contributed by atoms with Gasteiger partial charge in [0, 0.05) is 19.3 Å². The lowest BCUT2D eigenvalue weighted by Gasteiger charge is -2.21. The van der Waals surface area contributed by atoms with E-state index in [1.54, 1.807) is 0 Å². The Morgan fingerprint density at radius 3 is 1.05 bits per heavy atom. The maximum Gasteiger partial charge on any atom is 0.472 e. The summed E-state index contributed by atoms with van der Waals surface area (Å²) in [4.78, 5) is 58.0. The highest BCUT2D eigenvalue weighted by Gasteiger charge is 2.29. The van der Waals surface area contributed by atoms with Crippen molar-refractivity contribution in [1.29, 1.82) is 0 Å². The number of phosphoric acid groups is 2. The Labute approximate surface area is 489 Å². The summed E-state index contributed by atoms with van der Waals surface area (Å²) in [6.07, 6.45) is 58.1. The van der Waals surface area contributed by atoms with Crippen molar-refractivity contribution < 1.29 is 75.8 Å². The zero-order valence-electron chi connectivity index (χ0n) is 50.2. The van der Waals surface area contributed by atoms with Gasteiger partial charge in [-0.05, 0) is 103 Å². The first kappa shape index (κ1) is 77.7. The van der Waals surface area contributed by atoms with Crippen LogP contribution >= 0.6 is 15.6 Å². The van der Waals surface area contributed by atoms with Gasteiger partial charge in [0.2, 0.25) is 0 Å². The quantitative estimate of drug-likeness (QED) is 0.0146. The van der Waals surface area contributed by atoms with Gasteiger partial charge in [-0.2, -0.15) is 0 Å². The Balaban J connectivity index is 4.51. The molecule has 0 aliphatic heterocycles. The van der Waals surface area contributed by atoms with Crippen LogP contribution in [0.3, 0.4) is 0 Å². The van der Waals surface area contributed by atoms with Gasteiger partial charge in [0.15, 0.2) is 6.10 Å².